The summed E-state index contributed by atoms with van der Waals surface area (Å²) in [7, 11) is 0. The fourth-order valence-electron chi connectivity index (χ4n) is 0.830. The number of hydrogen-bond acceptors (Lipinski definition) is 4. The van der Waals surface area contributed by atoms with E-state index in [1.807, 2.05) is 0 Å². The van der Waals surface area contributed by atoms with E-state index in [-0.39, 0.29) is 0 Å². The van der Waals surface area contributed by atoms with Gasteiger partial charge in [0.15, 0.2) is 0 Å². The first-order valence-electron chi connectivity index (χ1n) is 3.68. The molecule has 0 heterocycles. The fraction of sp³-hybridized carbons (Fsp3) is 0.714. The summed E-state index contributed by atoms with van der Waals surface area (Å²) in [5, 5.41) is 17.1. The van der Waals surface area contributed by atoms with E-state index in [9.17, 15) is 9.59 Å². The van der Waals surface area contributed by atoms with Crippen LogP contribution in [0.15, 0.2) is 0 Å². The van der Waals surface area contributed by atoms with Crippen molar-refractivity contribution in [3.05, 3.63) is 0 Å². The van der Waals surface area contributed by atoms with Gasteiger partial charge in [0.05, 0.1) is 0 Å². The predicted octanol–water partition coefficient (Wildman–Crippen LogP) is -1.16. The minimum atomic E-state index is -1.29. The first-order valence-corrected chi connectivity index (χ1v) is 3.68. The largest absolute Gasteiger partial charge is 0.480 e. The lowest BCUT2D eigenvalue weighted by molar-refractivity contribution is -0.146. The van der Waals surface area contributed by atoms with Gasteiger partial charge in [-0.15, -0.1) is 0 Å². The molecule has 0 aliphatic rings. The molecule has 6 nitrogen and oxygen atoms in total. The molecule has 0 fully saturated rings. The van der Waals surface area contributed by atoms with Crippen molar-refractivity contribution >= 4 is 11.9 Å². The molecule has 13 heavy (non-hydrogen) atoms. The molecule has 0 saturated heterocycles. The Morgan fingerprint density at radius 2 is 1.31 bits per heavy atom. The zero-order valence-electron chi connectivity index (χ0n) is 7.52. The van der Waals surface area contributed by atoms with E-state index in [4.69, 9.17) is 21.7 Å². The lowest BCUT2D eigenvalue weighted by Crippen LogP contribution is -2.56. The number of aliphatic carboxylic acids is 2. The summed E-state index contributed by atoms with van der Waals surface area (Å²) in [5.74, 6) is -2.52. The maximum absolute atomic E-state index is 10.5. The van der Waals surface area contributed by atoms with Crippen molar-refractivity contribution in [2.75, 3.05) is 0 Å². The molecule has 0 rings (SSSR count). The minimum absolute atomic E-state index is 1.18. The monoisotopic (exact) mass is 190 g/mol. The Morgan fingerprint density at radius 3 is 1.46 bits per heavy atom. The summed E-state index contributed by atoms with van der Waals surface area (Å²) in [6.45, 7) is 2.81. The molecule has 6 heteroatoms. The summed E-state index contributed by atoms with van der Waals surface area (Å²) in [5.41, 5.74) is 9.40. The van der Waals surface area contributed by atoms with Crippen molar-refractivity contribution in [2.45, 2.75) is 25.9 Å². The third-order valence-electron chi connectivity index (χ3n) is 2.14. The van der Waals surface area contributed by atoms with E-state index in [2.05, 4.69) is 0 Å². The van der Waals surface area contributed by atoms with Crippen LogP contribution in [0.2, 0.25) is 0 Å². The van der Waals surface area contributed by atoms with E-state index >= 15 is 0 Å². The van der Waals surface area contributed by atoms with Gasteiger partial charge < -0.3 is 21.7 Å². The molecular weight excluding hydrogens is 176 g/mol. The van der Waals surface area contributed by atoms with Gasteiger partial charge >= 0.3 is 11.9 Å². The van der Waals surface area contributed by atoms with Crippen molar-refractivity contribution in [1.82, 2.24) is 0 Å². The normalized spacial score (nSPS) is 16.3. The number of rotatable bonds is 4. The average molecular weight is 190 g/mol. The van der Waals surface area contributed by atoms with E-state index in [0.29, 0.717) is 0 Å². The SMILES string of the molecule is CC(C)([C@H](N)C(=O)O)[C@H](N)C(=O)O. The molecule has 2 atom stereocenters. The van der Waals surface area contributed by atoms with Gasteiger partial charge in [0.2, 0.25) is 0 Å². The predicted molar refractivity (Wildman–Crippen MR) is 45.0 cm³/mol. The molecule has 0 aliphatic carbocycles. The van der Waals surface area contributed by atoms with Crippen molar-refractivity contribution < 1.29 is 19.8 Å². The van der Waals surface area contributed by atoms with Crippen molar-refractivity contribution in [2.24, 2.45) is 16.9 Å². The molecule has 76 valence electrons. The van der Waals surface area contributed by atoms with Crippen molar-refractivity contribution in [3.63, 3.8) is 0 Å². The van der Waals surface area contributed by atoms with Gasteiger partial charge in [-0.25, -0.2) is 0 Å². The summed E-state index contributed by atoms with van der Waals surface area (Å²) >= 11 is 0. The van der Waals surface area contributed by atoms with Gasteiger partial charge in [0.1, 0.15) is 12.1 Å². The van der Waals surface area contributed by atoms with Crippen LogP contribution in [0.4, 0.5) is 0 Å². The zero-order valence-corrected chi connectivity index (χ0v) is 7.52. The van der Waals surface area contributed by atoms with Gasteiger partial charge in [0, 0.05) is 5.41 Å². The summed E-state index contributed by atoms with van der Waals surface area (Å²) < 4.78 is 0. The summed E-state index contributed by atoms with van der Waals surface area (Å²) in [6, 6.07) is -2.59. The van der Waals surface area contributed by atoms with Gasteiger partial charge in [-0.05, 0) is 0 Å². The van der Waals surface area contributed by atoms with E-state index in [1.54, 1.807) is 0 Å². The maximum atomic E-state index is 10.5. The van der Waals surface area contributed by atoms with E-state index in [0.717, 1.165) is 0 Å². The van der Waals surface area contributed by atoms with Crippen LogP contribution in [-0.4, -0.2) is 34.2 Å². The molecular formula is C7H14N2O4. The van der Waals surface area contributed by atoms with E-state index in [1.165, 1.54) is 13.8 Å². The van der Waals surface area contributed by atoms with Gasteiger partial charge in [-0.3, -0.25) is 9.59 Å². The van der Waals surface area contributed by atoms with Crippen LogP contribution in [0.1, 0.15) is 13.8 Å². The average Bonchev–Trinajstić information content (AvgIpc) is 2.01. The molecule has 6 N–H and O–H groups in total. The summed E-state index contributed by atoms with van der Waals surface area (Å²) in [6.07, 6.45) is 0. The Morgan fingerprint density at radius 1 is 1.08 bits per heavy atom. The van der Waals surface area contributed by atoms with E-state index < -0.39 is 29.4 Å². The van der Waals surface area contributed by atoms with Crippen LogP contribution in [0.5, 0.6) is 0 Å². The minimum Gasteiger partial charge on any atom is -0.480 e. The zero-order chi connectivity index (χ0) is 10.8. The molecule has 0 aromatic heterocycles. The molecule has 0 aliphatic heterocycles. The summed E-state index contributed by atoms with van der Waals surface area (Å²) in [4.78, 5) is 21.0. The molecule has 0 unspecified atom stereocenters. The molecule has 0 spiro atoms. The molecule has 0 saturated carbocycles. The first kappa shape index (κ1) is 11.9. The lowest BCUT2D eigenvalue weighted by Gasteiger charge is -2.31. The first-order chi connectivity index (χ1) is 5.71. The van der Waals surface area contributed by atoms with Gasteiger partial charge in [-0.2, -0.15) is 0 Å². The molecule has 0 aromatic rings. The molecule has 0 radical (unpaired) electrons. The maximum Gasteiger partial charge on any atom is 0.321 e. The highest BCUT2D eigenvalue weighted by Gasteiger charge is 2.41. The Labute approximate surface area is 75.5 Å². The number of hydrogen-bond donors (Lipinski definition) is 4. The molecule has 0 aromatic carbocycles. The topological polar surface area (TPSA) is 127 Å². The Hall–Kier alpha value is -1.14. The Kier molecular flexibility index (Phi) is 3.39. The molecule has 0 amide bonds. The van der Waals surface area contributed by atoms with Crippen LogP contribution in [0.3, 0.4) is 0 Å². The number of carboxylic acid groups (broad SMARTS) is 2. The van der Waals surface area contributed by atoms with Crippen molar-refractivity contribution in [1.29, 1.82) is 0 Å². The fourth-order valence-corrected chi connectivity index (χ4v) is 0.830. The van der Waals surface area contributed by atoms with Crippen LogP contribution < -0.4 is 11.5 Å². The van der Waals surface area contributed by atoms with Crippen LogP contribution in [0.25, 0.3) is 0 Å². The lowest BCUT2D eigenvalue weighted by atomic mass is 9.78. The van der Waals surface area contributed by atoms with Crippen molar-refractivity contribution in [3.8, 4) is 0 Å². The van der Waals surface area contributed by atoms with Crippen LogP contribution >= 0.6 is 0 Å². The van der Waals surface area contributed by atoms with Gasteiger partial charge in [0.25, 0.3) is 0 Å². The van der Waals surface area contributed by atoms with Crippen LogP contribution in [-0.2, 0) is 9.59 Å². The smallest absolute Gasteiger partial charge is 0.321 e. The quantitative estimate of drug-likeness (QED) is 0.442. The highest BCUT2D eigenvalue weighted by atomic mass is 16.4. The second-order valence-corrected chi connectivity index (χ2v) is 3.45. The second-order valence-electron chi connectivity index (χ2n) is 3.45. The highest BCUT2D eigenvalue weighted by Crippen LogP contribution is 2.23. The number of carbonyl (C=O) groups is 2. The second kappa shape index (κ2) is 3.71. The number of nitrogens with two attached hydrogens (primary N) is 2. The standard InChI is InChI=1S/C7H14N2O4/c1-7(2,3(8)5(10)11)4(9)6(12)13/h3-4H,8-9H2,1-2H3,(H,10,11)(H,12,13)/t3-,4-/m1/s1. The Bertz CT molecular complexity index is 205. The van der Waals surface area contributed by atoms with Crippen LogP contribution in [0, 0.1) is 5.41 Å². The Balaban J connectivity index is 4.74. The third kappa shape index (κ3) is 2.40. The number of carboxylic acids is 2. The highest BCUT2D eigenvalue weighted by molar-refractivity contribution is 5.79. The third-order valence-corrected chi connectivity index (χ3v) is 2.14. The molecule has 0 bridgehead atoms. The van der Waals surface area contributed by atoms with Gasteiger partial charge in [-0.1, -0.05) is 13.8 Å².